The molecule has 0 aromatic rings. The number of halogens is 1. The molecule has 0 aromatic carbocycles. The number of carbonyl (C=O) groups is 1. The van der Waals surface area contributed by atoms with Gasteiger partial charge in [0.1, 0.15) is 0 Å². The molecule has 0 aliphatic heterocycles. The summed E-state index contributed by atoms with van der Waals surface area (Å²) in [5, 5.41) is 0. The van der Waals surface area contributed by atoms with Crippen LogP contribution in [0.1, 0.15) is 33.6 Å². The number of hydrogen-bond acceptors (Lipinski definition) is 3. The van der Waals surface area contributed by atoms with E-state index in [1.54, 1.807) is 0 Å². The maximum Gasteiger partial charge on any atom is 0.310 e. The first kappa shape index (κ1) is 12.2. The zero-order valence-corrected chi connectivity index (χ0v) is 10.9. The monoisotopic (exact) mass is 245 g/mol. The van der Waals surface area contributed by atoms with Crippen molar-refractivity contribution in [2.24, 2.45) is 23.2 Å². The minimum Gasteiger partial charge on any atom is -0.466 e. The molecule has 3 nitrogen and oxygen atoms in total. The number of esters is 1. The van der Waals surface area contributed by atoms with Crippen molar-refractivity contribution in [3.05, 3.63) is 0 Å². The summed E-state index contributed by atoms with van der Waals surface area (Å²) in [6.45, 7) is 6.83. The third kappa shape index (κ3) is 1.65. The smallest absolute Gasteiger partial charge is 0.310 e. The number of fused-ring (bicyclic) bond motifs is 2. The summed E-state index contributed by atoms with van der Waals surface area (Å²) in [5.74, 6) is 0.992. The van der Waals surface area contributed by atoms with E-state index in [0.717, 1.165) is 6.42 Å². The Morgan fingerprint density at radius 1 is 1.50 bits per heavy atom. The first-order valence-electron chi connectivity index (χ1n) is 6.05. The highest BCUT2D eigenvalue weighted by atomic mass is 35.5. The average Bonchev–Trinajstić information content (AvgIpc) is 2.28. The van der Waals surface area contributed by atoms with Crippen molar-refractivity contribution in [1.82, 2.24) is 4.84 Å². The number of ether oxygens (including phenoxy) is 1. The Bertz CT molecular complexity index is 293. The molecule has 3 fully saturated rings. The Labute approximate surface area is 102 Å². The van der Waals surface area contributed by atoms with Crippen LogP contribution in [0.25, 0.3) is 0 Å². The van der Waals surface area contributed by atoms with E-state index in [1.165, 1.54) is 6.42 Å². The van der Waals surface area contributed by atoms with Crippen molar-refractivity contribution < 1.29 is 9.53 Å². The van der Waals surface area contributed by atoms with E-state index in [-0.39, 0.29) is 17.9 Å². The fourth-order valence-electron chi connectivity index (χ4n) is 3.44. The number of nitrogens with one attached hydrogen (secondary N) is 1. The lowest BCUT2D eigenvalue weighted by molar-refractivity contribution is -0.165. The highest BCUT2D eigenvalue weighted by Crippen LogP contribution is 2.60. The summed E-state index contributed by atoms with van der Waals surface area (Å²) in [5.41, 5.74) is 0.315. The van der Waals surface area contributed by atoms with Gasteiger partial charge in [0, 0.05) is 6.04 Å². The second kappa shape index (κ2) is 4.19. The van der Waals surface area contributed by atoms with Gasteiger partial charge < -0.3 is 4.74 Å². The van der Waals surface area contributed by atoms with Crippen molar-refractivity contribution in [2.45, 2.75) is 39.7 Å². The molecule has 0 unspecified atom stereocenters. The van der Waals surface area contributed by atoms with E-state index in [9.17, 15) is 4.79 Å². The van der Waals surface area contributed by atoms with E-state index in [4.69, 9.17) is 16.5 Å². The van der Waals surface area contributed by atoms with E-state index in [1.807, 2.05) is 6.92 Å². The van der Waals surface area contributed by atoms with Gasteiger partial charge in [-0.15, -0.1) is 0 Å². The first-order chi connectivity index (χ1) is 7.52. The molecule has 0 aromatic heterocycles. The summed E-state index contributed by atoms with van der Waals surface area (Å²) in [7, 11) is 0. The lowest BCUT2D eigenvalue weighted by Crippen LogP contribution is -2.62. The first-order valence-corrected chi connectivity index (χ1v) is 6.43. The molecular formula is C12H20ClNO2. The third-order valence-electron chi connectivity index (χ3n) is 4.67. The number of hydrogen-bond donors (Lipinski definition) is 1. The van der Waals surface area contributed by atoms with Gasteiger partial charge in [-0.25, -0.2) is 4.84 Å². The Balaban J connectivity index is 2.10. The van der Waals surface area contributed by atoms with Crippen molar-refractivity contribution in [3.63, 3.8) is 0 Å². The summed E-state index contributed by atoms with van der Waals surface area (Å²) in [6.07, 6.45) is 2.10. The summed E-state index contributed by atoms with van der Waals surface area (Å²) in [6, 6.07) is 0.0701. The number of rotatable bonds is 3. The van der Waals surface area contributed by atoms with Crippen LogP contribution in [0, 0.1) is 23.2 Å². The van der Waals surface area contributed by atoms with Gasteiger partial charge in [0.15, 0.2) is 0 Å². The predicted octanol–water partition coefficient (Wildman–Crippen LogP) is 2.34. The van der Waals surface area contributed by atoms with Gasteiger partial charge in [0.2, 0.25) is 0 Å². The summed E-state index contributed by atoms with van der Waals surface area (Å²) < 4.78 is 5.11. The molecule has 2 bridgehead atoms. The van der Waals surface area contributed by atoms with Crippen molar-refractivity contribution >= 4 is 17.7 Å². The average molecular weight is 246 g/mol. The van der Waals surface area contributed by atoms with Gasteiger partial charge in [-0.3, -0.25) is 4.79 Å². The lowest BCUT2D eigenvalue weighted by Gasteiger charge is -2.61. The molecular weight excluding hydrogens is 226 g/mol. The van der Waals surface area contributed by atoms with Crippen LogP contribution >= 0.6 is 11.8 Å². The summed E-state index contributed by atoms with van der Waals surface area (Å²) in [4.78, 5) is 14.6. The van der Waals surface area contributed by atoms with E-state index in [0.29, 0.717) is 23.9 Å². The molecule has 4 heteroatoms. The van der Waals surface area contributed by atoms with Gasteiger partial charge in [-0.1, -0.05) is 13.8 Å². The summed E-state index contributed by atoms with van der Waals surface area (Å²) >= 11 is 5.81. The largest absolute Gasteiger partial charge is 0.466 e. The fourth-order valence-corrected chi connectivity index (χ4v) is 3.75. The fraction of sp³-hybridized carbons (Fsp3) is 0.917. The minimum atomic E-state index is -0.0918. The lowest BCUT2D eigenvalue weighted by atomic mass is 9.45. The second-order valence-corrected chi connectivity index (χ2v) is 5.81. The van der Waals surface area contributed by atoms with E-state index >= 15 is 0 Å². The Morgan fingerprint density at radius 3 is 2.69 bits per heavy atom. The Kier molecular flexibility index (Phi) is 3.19. The van der Waals surface area contributed by atoms with Gasteiger partial charge in [-0.2, -0.15) is 0 Å². The van der Waals surface area contributed by atoms with Gasteiger partial charge >= 0.3 is 5.97 Å². The van der Waals surface area contributed by atoms with Crippen LogP contribution < -0.4 is 4.84 Å². The predicted molar refractivity (Wildman–Crippen MR) is 62.9 cm³/mol. The van der Waals surface area contributed by atoms with Crippen molar-refractivity contribution in [2.75, 3.05) is 6.61 Å². The Hall–Kier alpha value is -0.280. The third-order valence-corrected chi connectivity index (χ3v) is 4.92. The molecule has 0 spiro atoms. The van der Waals surface area contributed by atoms with Crippen molar-refractivity contribution in [1.29, 1.82) is 0 Å². The maximum atomic E-state index is 11.8. The van der Waals surface area contributed by atoms with Crippen LogP contribution in [0.15, 0.2) is 0 Å². The van der Waals surface area contributed by atoms with Crippen LogP contribution in [-0.2, 0) is 9.53 Å². The van der Waals surface area contributed by atoms with Gasteiger partial charge in [-0.05, 0) is 48.8 Å². The van der Waals surface area contributed by atoms with Gasteiger partial charge in [0.25, 0.3) is 0 Å². The maximum absolute atomic E-state index is 11.8. The van der Waals surface area contributed by atoms with Crippen LogP contribution in [0.2, 0.25) is 0 Å². The molecule has 3 rings (SSSR count). The van der Waals surface area contributed by atoms with E-state index < -0.39 is 0 Å². The van der Waals surface area contributed by atoms with Crippen LogP contribution in [-0.4, -0.2) is 18.6 Å². The number of carbonyl (C=O) groups excluding carboxylic acids is 1. The van der Waals surface area contributed by atoms with Gasteiger partial charge in [0.05, 0.1) is 12.5 Å². The molecule has 1 N–H and O–H groups in total. The van der Waals surface area contributed by atoms with Crippen molar-refractivity contribution in [3.8, 4) is 0 Å². The van der Waals surface area contributed by atoms with Crippen LogP contribution in [0.4, 0.5) is 0 Å². The highest BCUT2D eigenvalue weighted by Gasteiger charge is 2.59. The zero-order chi connectivity index (χ0) is 11.9. The molecule has 3 aliphatic rings. The normalized spacial score (nSPS) is 40.0. The molecule has 16 heavy (non-hydrogen) atoms. The minimum absolute atomic E-state index is 0.0609. The second-order valence-electron chi connectivity index (χ2n) is 5.59. The van der Waals surface area contributed by atoms with Crippen LogP contribution in [0.3, 0.4) is 0 Å². The van der Waals surface area contributed by atoms with Crippen LogP contribution in [0.5, 0.6) is 0 Å². The van der Waals surface area contributed by atoms with E-state index in [2.05, 4.69) is 18.7 Å². The Morgan fingerprint density at radius 2 is 2.19 bits per heavy atom. The molecule has 3 aliphatic carbocycles. The quantitative estimate of drug-likeness (QED) is 0.613. The molecule has 3 saturated carbocycles. The standard InChI is InChI=1S/C12H20ClNO2/c1-4-16-11(15)8-5-7-6-9(10(8)14-13)12(7,2)3/h7-10,14H,4-6H2,1-3H3/t7-,8+,9-,10-/m0/s1. The molecule has 0 heterocycles. The zero-order valence-electron chi connectivity index (χ0n) is 10.1. The molecule has 0 radical (unpaired) electrons. The highest BCUT2D eigenvalue weighted by molar-refractivity contribution is 6.13. The SMILES string of the molecule is CCOC(=O)[C@@H]1C[C@H]2C[C@@H]([C@H]1NCl)C2(C)C. The molecule has 0 amide bonds. The topological polar surface area (TPSA) is 38.3 Å². The molecule has 4 atom stereocenters. The molecule has 92 valence electrons. The molecule has 0 saturated heterocycles.